The van der Waals surface area contributed by atoms with E-state index in [0.29, 0.717) is 50.6 Å². The minimum Gasteiger partial charge on any atom is -0.488 e. The van der Waals surface area contributed by atoms with Gasteiger partial charge in [0, 0.05) is 82.3 Å². The molecule has 0 bridgehead atoms. The fourth-order valence-corrected chi connectivity index (χ4v) is 7.89. The number of nitrogens with one attached hydrogen (secondary N) is 2. The highest BCUT2D eigenvalue weighted by Gasteiger charge is 2.33. The third kappa shape index (κ3) is 12.9. The molecular formula is C51H47BrCl2N6O10. The third-order valence-corrected chi connectivity index (χ3v) is 12.9. The Bertz CT molecular complexity index is 2790. The number of carboxylic acids is 2. The van der Waals surface area contributed by atoms with E-state index in [1.807, 2.05) is 43.3 Å². The smallest absolute Gasteiger partial charge is 0.326 e. The highest BCUT2D eigenvalue weighted by Crippen LogP contribution is 2.39. The largest absolute Gasteiger partial charge is 0.488 e. The monoisotopic (exact) mass is 1050 g/mol. The Morgan fingerprint density at radius 1 is 0.629 bits per heavy atom. The van der Waals surface area contributed by atoms with Crippen LogP contribution in [0.3, 0.4) is 0 Å². The van der Waals surface area contributed by atoms with E-state index in [4.69, 9.17) is 42.1 Å². The Morgan fingerprint density at radius 2 is 1.06 bits per heavy atom. The van der Waals surface area contributed by atoms with Crippen molar-refractivity contribution in [3.63, 3.8) is 0 Å². The van der Waals surface area contributed by atoms with E-state index in [1.165, 1.54) is 26.2 Å². The lowest BCUT2D eigenvalue weighted by Gasteiger charge is -2.25. The summed E-state index contributed by atoms with van der Waals surface area (Å²) in [6.07, 6.45) is 6.00. The zero-order valence-corrected chi connectivity index (χ0v) is 41.2. The second-order valence-corrected chi connectivity index (χ2v) is 18.1. The first-order valence-corrected chi connectivity index (χ1v) is 22.9. The number of hydrogen-bond donors (Lipinski definition) is 6. The summed E-state index contributed by atoms with van der Waals surface area (Å²) in [5, 5.41) is 64.0. The van der Waals surface area contributed by atoms with E-state index in [-0.39, 0.29) is 55.3 Å². The summed E-state index contributed by atoms with van der Waals surface area (Å²) in [5.74, 6) is -1.26. The fourth-order valence-electron chi connectivity index (χ4n) is 6.82. The fraction of sp³-hybridized carbons (Fsp3) is 0.255. The Hall–Kier alpha value is -6.80. The molecule has 2 atom stereocenters. The van der Waals surface area contributed by atoms with Crippen LogP contribution in [-0.4, -0.2) is 66.6 Å². The van der Waals surface area contributed by atoms with Gasteiger partial charge in [0.25, 0.3) is 0 Å². The van der Waals surface area contributed by atoms with Crippen LogP contribution in [0, 0.1) is 29.6 Å². The minimum absolute atomic E-state index is 0.0245. The Morgan fingerprint density at radius 3 is 1.50 bits per heavy atom. The Kier molecular flexibility index (Phi) is 17.8. The molecule has 2 aromatic heterocycles. The average molecular weight is 1050 g/mol. The molecule has 0 spiro atoms. The van der Waals surface area contributed by atoms with E-state index in [0.717, 1.165) is 32.3 Å². The molecule has 6 rings (SSSR count). The number of aromatic nitrogens is 2. The van der Waals surface area contributed by atoms with Crippen LogP contribution in [-0.2, 0) is 49.1 Å². The van der Waals surface area contributed by atoms with Crippen molar-refractivity contribution >= 4 is 51.1 Å². The zero-order valence-electron chi connectivity index (χ0n) is 38.1. The van der Waals surface area contributed by atoms with Gasteiger partial charge in [-0.25, -0.2) is 0 Å². The zero-order chi connectivity index (χ0) is 50.6. The second-order valence-electron chi connectivity index (χ2n) is 16.5. The van der Waals surface area contributed by atoms with Gasteiger partial charge in [0.15, 0.2) is 0 Å². The van der Waals surface area contributed by atoms with Gasteiger partial charge >= 0.3 is 11.9 Å². The number of aliphatic hydroxyl groups is 2. The predicted molar refractivity (Wildman–Crippen MR) is 262 cm³/mol. The number of rotatable bonds is 23. The summed E-state index contributed by atoms with van der Waals surface area (Å²) in [6, 6.07) is 25.4. The van der Waals surface area contributed by atoms with E-state index in [1.54, 1.807) is 48.8 Å². The van der Waals surface area contributed by atoms with Crippen molar-refractivity contribution in [3.05, 3.63) is 162 Å². The van der Waals surface area contributed by atoms with E-state index < -0.39 is 36.2 Å². The van der Waals surface area contributed by atoms with Crippen molar-refractivity contribution in [1.82, 2.24) is 20.6 Å². The van der Waals surface area contributed by atoms with Gasteiger partial charge in [-0.1, -0.05) is 59.6 Å². The number of benzene rings is 4. The summed E-state index contributed by atoms with van der Waals surface area (Å²) in [7, 11) is 0. The molecule has 6 N–H and O–H groups in total. The molecule has 0 unspecified atom stereocenters. The van der Waals surface area contributed by atoms with Gasteiger partial charge < -0.3 is 39.4 Å². The van der Waals surface area contributed by atoms with Gasteiger partial charge in [0.05, 0.1) is 34.4 Å². The normalized spacial score (nSPS) is 12.7. The molecule has 362 valence electrons. The highest BCUT2D eigenvalue weighted by atomic mass is 79.9. The third-order valence-electron chi connectivity index (χ3n) is 11.4. The van der Waals surface area contributed by atoms with Gasteiger partial charge in [-0.2, -0.15) is 10.5 Å². The summed E-state index contributed by atoms with van der Waals surface area (Å²) in [5.41, 5.74) is 3.99. The number of hydrogen-bond acceptors (Lipinski definition) is 14. The predicted octanol–water partition coefficient (Wildman–Crippen LogP) is 8.43. The molecule has 0 aliphatic heterocycles. The highest BCUT2D eigenvalue weighted by molar-refractivity contribution is 9.10. The van der Waals surface area contributed by atoms with Crippen molar-refractivity contribution in [1.29, 1.82) is 10.5 Å². The number of nitrogens with zero attached hydrogens (tertiary/aromatic N) is 4. The summed E-state index contributed by atoms with van der Waals surface area (Å²) >= 11 is 17.4. The van der Waals surface area contributed by atoms with Gasteiger partial charge in [-0.3, -0.25) is 30.2 Å². The molecule has 16 nitrogen and oxygen atoms in total. The molecule has 4 aromatic carbocycles. The molecule has 0 aliphatic carbocycles. The lowest BCUT2D eigenvalue weighted by molar-refractivity contribution is -0.146. The minimum atomic E-state index is -1.64. The van der Waals surface area contributed by atoms with Crippen molar-refractivity contribution in [2.45, 2.75) is 71.4 Å². The quantitative estimate of drug-likeness (QED) is 0.0352. The first-order valence-electron chi connectivity index (χ1n) is 21.4. The maximum atomic E-state index is 11.9. The summed E-state index contributed by atoms with van der Waals surface area (Å²) < 4.78 is 25.7. The van der Waals surface area contributed by atoms with Crippen molar-refractivity contribution in [2.75, 3.05) is 13.2 Å². The Balaban J connectivity index is 1.22. The van der Waals surface area contributed by atoms with Crippen LogP contribution in [0.4, 0.5) is 0 Å². The number of aliphatic hydroxyl groups excluding tert-OH is 2. The number of carbonyl (C=O) groups is 2. The average Bonchev–Trinajstić information content (AvgIpc) is 3.36. The van der Waals surface area contributed by atoms with E-state index in [2.05, 4.69) is 48.7 Å². The maximum Gasteiger partial charge on any atom is 0.326 e. The van der Waals surface area contributed by atoms with Crippen LogP contribution in [0.25, 0.3) is 11.1 Å². The lowest BCUT2D eigenvalue weighted by atomic mass is 9.95. The Labute approximate surface area is 422 Å². The van der Waals surface area contributed by atoms with Gasteiger partial charge in [0.1, 0.15) is 72.6 Å². The van der Waals surface area contributed by atoms with Crippen molar-refractivity contribution < 1.29 is 49.0 Å². The van der Waals surface area contributed by atoms with Crippen LogP contribution in [0.15, 0.2) is 102 Å². The molecular weight excluding hydrogens is 1010 g/mol. The molecule has 0 saturated heterocycles. The van der Waals surface area contributed by atoms with Gasteiger partial charge in [-0.15, -0.1) is 0 Å². The molecule has 70 heavy (non-hydrogen) atoms. The molecule has 6 aromatic rings. The molecule has 19 heteroatoms. The first-order chi connectivity index (χ1) is 33.5. The maximum absolute atomic E-state index is 11.9. The molecule has 0 radical (unpaired) electrons. The number of pyridine rings is 2. The molecule has 2 heterocycles. The van der Waals surface area contributed by atoms with E-state index >= 15 is 0 Å². The molecule has 0 saturated carbocycles. The van der Waals surface area contributed by atoms with Gasteiger partial charge in [0.2, 0.25) is 0 Å². The van der Waals surface area contributed by atoms with Crippen LogP contribution < -0.4 is 29.6 Å². The van der Waals surface area contributed by atoms with Crippen LogP contribution >= 0.6 is 39.1 Å². The van der Waals surface area contributed by atoms with Crippen LogP contribution in [0.2, 0.25) is 10.0 Å². The van der Waals surface area contributed by atoms with Crippen molar-refractivity contribution in [3.8, 4) is 46.3 Å². The summed E-state index contributed by atoms with van der Waals surface area (Å²) in [4.78, 5) is 32.0. The number of ether oxygens (including phenoxy) is 4. The van der Waals surface area contributed by atoms with Gasteiger partial charge in [-0.05, 0) is 83.2 Å². The number of nitriles is 2. The topological polar surface area (TPSA) is 249 Å². The molecule has 0 aliphatic rings. The second kappa shape index (κ2) is 23.7. The van der Waals surface area contributed by atoms with Crippen LogP contribution in [0.1, 0.15) is 63.9 Å². The lowest BCUT2D eigenvalue weighted by Crippen LogP contribution is -2.52. The molecule has 0 amide bonds. The standard InChI is InChI=1S/C51H47BrCl2N6O10/c1-30-35(26-69-45-14-43(67-24-33-10-31(16-55)18-57-20-33)37(12-41(45)53)22-59-50(2,28-61)48(63)64)6-4-8-39(30)40-9-5-7-36(47(40)52)27-70-46-15-44(68-25-34-11-32(17-56)19-58-21-34)38(13-42(46)54)23-60-51(3,29-62)49(65)66/h4-15,18-21,59-62H,22-29H2,1-3H3,(H,63,64)(H,65,66)/t50-,51-/m0/s1. The van der Waals surface area contributed by atoms with Crippen molar-refractivity contribution in [2.24, 2.45) is 0 Å². The SMILES string of the molecule is Cc1c(COc2cc(OCc3cncc(C#N)c3)c(CN[C@@](C)(CO)C(=O)O)cc2Cl)cccc1-c1cccc(COc2cc(OCc3cncc(C#N)c3)c(CN[C@@](C)(CO)C(=O)O)cc2Cl)c1Br. The van der Waals surface area contributed by atoms with E-state index in [9.17, 15) is 40.5 Å². The number of halogens is 3. The van der Waals surface area contributed by atoms with Crippen LogP contribution in [0.5, 0.6) is 23.0 Å². The first kappa shape index (κ1) is 52.6. The molecule has 0 fully saturated rings. The summed E-state index contributed by atoms with van der Waals surface area (Å²) in [6.45, 7) is 3.54. The number of carboxylic acid groups (broad SMARTS) is 2. The number of aliphatic carboxylic acids is 2.